The minimum absolute atomic E-state index is 0.218. The molecule has 8 heterocycles. The molecule has 4 aliphatic rings. The number of piperidine rings is 1. The summed E-state index contributed by atoms with van der Waals surface area (Å²) >= 11 is 6.02. The van der Waals surface area contributed by atoms with E-state index in [0.29, 0.717) is 118 Å². The Bertz CT molecular complexity index is 5000. The first kappa shape index (κ1) is 97.8. The molecule has 8 aromatic rings. The number of nitriles is 3. The van der Waals surface area contributed by atoms with Crippen LogP contribution in [0.4, 0.5) is 71.3 Å². The van der Waals surface area contributed by atoms with E-state index in [1.807, 2.05) is 66.7 Å². The fraction of sp³-hybridized carbons (Fsp3) is 0.462. The smallest absolute Gasteiger partial charge is 0.410 e. The minimum Gasteiger partial charge on any atom is -0.410 e. The average Bonchev–Trinajstić information content (AvgIpc) is 0.811. The number of aldehydes is 1. The predicted molar refractivity (Wildman–Crippen MR) is 481 cm³/mol. The number of halogens is 1. The molecule has 34 nitrogen and oxygen atoms in total. The lowest BCUT2D eigenvalue weighted by molar-refractivity contribution is -0.109. The fourth-order valence-corrected chi connectivity index (χ4v) is 15.5. The van der Waals surface area contributed by atoms with Crippen LogP contribution in [0.3, 0.4) is 0 Å². The molecule has 3 aliphatic carbocycles. The lowest BCUT2D eigenvalue weighted by Crippen LogP contribution is -2.32. The van der Waals surface area contributed by atoms with E-state index < -0.39 is 43.1 Å². The topological polar surface area (TPSA) is 415 Å². The molecule has 0 bridgehead atoms. The maximum absolute atomic E-state index is 13.0. The molecule has 0 unspecified atom stereocenters. The highest BCUT2D eigenvalue weighted by Gasteiger charge is 2.31. The Morgan fingerprint density at radius 3 is 1.14 bits per heavy atom. The molecule has 670 valence electrons. The van der Waals surface area contributed by atoms with E-state index in [-0.39, 0.29) is 28.1 Å². The Morgan fingerprint density at radius 1 is 0.452 bits per heavy atom. The van der Waals surface area contributed by atoms with Crippen molar-refractivity contribution < 1.29 is 66.6 Å². The van der Waals surface area contributed by atoms with Gasteiger partial charge >= 0.3 is 24.2 Å². The fourth-order valence-electron chi connectivity index (χ4n) is 15.3. The molecule has 126 heavy (non-hydrogen) atoms. The summed E-state index contributed by atoms with van der Waals surface area (Å²) in [5.74, 6) is 4.62. The van der Waals surface area contributed by atoms with Gasteiger partial charge in [0, 0.05) is 135 Å². The molecule has 0 atom stereocenters. The number of carbonyl (C=O) groups excluding carboxylic acids is 5. The number of ether oxygens (including phenoxy) is 9. The highest BCUT2D eigenvalue weighted by molar-refractivity contribution is 6.32. The number of anilines is 9. The van der Waals surface area contributed by atoms with Crippen molar-refractivity contribution in [3.8, 4) is 24.0 Å². The molecule has 7 aromatic heterocycles. The Kier molecular flexibility index (Phi) is 39.5. The third-order valence-electron chi connectivity index (χ3n) is 22.2. The summed E-state index contributed by atoms with van der Waals surface area (Å²) in [6.07, 6.45) is 22.2. The summed E-state index contributed by atoms with van der Waals surface area (Å²) in [4.78, 5) is 99.2. The average molecular weight is 1750 g/mol. The number of nitrogens with zero attached hydrogens (tertiary/aromatic N) is 14. The quantitative estimate of drug-likeness (QED) is 0.0138. The van der Waals surface area contributed by atoms with E-state index in [2.05, 4.69) is 64.0 Å². The number of carbonyl (C=O) groups is 5. The summed E-state index contributed by atoms with van der Waals surface area (Å²) < 4.78 is 48.5. The summed E-state index contributed by atoms with van der Waals surface area (Å²) in [6, 6.07) is 33.6. The zero-order valence-corrected chi connectivity index (χ0v) is 74.5. The van der Waals surface area contributed by atoms with Gasteiger partial charge in [-0.25, -0.2) is 54.1 Å². The second-order valence-electron chi connectivity index (χ2n) is 30.3. The molecular formula is C91H115ClN20O14. The van der Waals surface area contributed by atoms with Crippen LogP contribution in [-0.4, -0.2) is 190 Å². The third-order valence-corrected chi connectivity index (χ3v) is 22.5. The Hall–Kier alpha value is -12.0. The molecule has 6 N–H and O–H groups in total. The molecule has 12 rings (SSSR count). The number of hydrogen-bond donors (Lipinski definition) is 6. The van der Waals surface area contributed by atoms with Crippen LogP contribution in [0, 0.1) is 34.0 Å². The summed E-state index contributed by atoms with van der Waals surface area (Å²) in [5.41, 5.74) is 8.83. The van der Waals surface area contributed by atoms with Gasteiger partial charge in [0.25, 0.3) is 0 Å². The van der Waals surface area contributed by atoms with Gasteiger partial charge in [-0.05, 0) is 147 Å². The molecule has 35 heteroatoms. The van der Waals surface area contributed by atoms with Crippen LogP contribution >= 0.6 is 11.6 Å². The molecule has 4 fully saturated rings. The highest BCUT2D eigenvalue weighted by Crippen LogP contribution is 2.42. The van der Waals surface area contributed by atoms with Crippen LogP contribution < -0.4 is 56.2 Å². The van der Waals surface area contributed by atoms with E-state index in [1.165, 1.54) is 102 Å². The van der Waals surface area contributed by atoms with Crippen LogP contribution in [0.15, 0.2) is 116 Å². The van der Waals surface area contributed by atoms with Crippen molar-refractivity contribution in [2.75, 3.05) is 171 Å². The van der Waals surface area contributed by atoms with Gasteiger partial charge in [-0.15, -0.1) is 0 Å². The zero-order valence-electron chi connectivity index (χ0n) is 73.7. The molecule has 3 saturated carbocycles. The van der Waals surface area contributed by atoms with Crippen molar-refractivity contribution in [2.45, 2.75) is 152 Å². The first-order chi connectivity index (χ1) is 61.2. The number of nitrogens with one attached hydrogen (secondary N) is 6. The maximum Gasteiger partial charge on any atom is 0.420 e. The number of benzene rings is 1. The van der Waals surface area contributed by atoms with E-state index in [0.717, 1.165) is 98.7 Å². The highest BCUT2D eigenvalue weighted by atomic mass is 35.5. The maximum atomic E-state index is 13.0. The Balaban J connectivity index is 0.000000191. The number of pyridine rings is 7. The van der Waals surface area contributed by atoms with Gasteiger partial charge in [0.05, 0.1) is 46.3 Å². The summed E-state index contributed by atoms with van der Waals surface area (Å²) in [7, 11) is 19.2. The van der Waals surface area contributed by atoms with Crippen molar-refractivity contribution in [2.24, 2.45) is 0 Å². The van der Waals surface area contributed by atoms with Crippen molar-refractivity contribution in [3.05, 3.63) is 182 Å². The largest absolute Gasteiger partial charge is 0.420 e. The predicted octanol–water partition coefficient (Wildman–Crippen LogP) is 16.8. The van der Waals surface area contributed by atoms with Crippen molar-refractivity contribution in [3.63, 3.8) is 0 Å². The van der Waals surface area contributed by atoms with E-state index >= 15 is 0 Å². The molecular weight excluding hydrogens is 1630 g/mol. The summed E-state index contributed by atoms with van der Waals surface area (Å²) in [6.45, 7) is 3.79. The molecule has 0 radical (unpaired) electrons. The number of para-hydroxylation sites is 1. The van der Waals surface area contributed by atoms with Crippen LogP contribution in [-0.2, 0) is 37.9 Å². The normalized spacial score (nSPS) is 14.2. The van der Waals surface area contributed by atoms with Gasteiger partial charge in [0.1, 0.15) is 87.5 Å². The van der Waals surface area contributed by atoms with Crippen molar-refractivity contribution in [1.29, 1.82) is 15.8 Å². The van der Waals surface area contributed by atoms with Crippen molar-refractivity contribution >= 4 is 94.2 Å². The molecule has 1 saturated heterocycles. The van der Waals surface area contributed by atoms with Gasteiger partial charge in [-0.1, -0.05) is 112 Å². The number of amides is 7. The van der Waals surface area contributed by atoms with Crippen LogP contribution in [0.2, 0.25) is 5.02 Å². The second-order valence-corrected chi connectivity index (χ2v) is 30.7. The van der Waals surface area contributed by atoms with Crippen LogP contribution in [0.25, 0.3) is 0 Å². The monoisotopic (exact) mass is 1750 g/mol. The second kappa shape index (κ2) is 50.8. The van der Waals surface area contributed by atoms with E-state index in [4.69, 9.17) is 74.4 Å². The lowest BCUT2D eigenvalue weighted by atomic mass is 9.83. The number of methoxy groups -OCH3 is 8. The number of aromatic nitrogens is 7. The Morgan fingerprint density at radius 2 is 0.794 bits per heavy atom. The van der Waals surface area contributed by atoms with Crippen LogP contribution in [0.5, 0.6) is 5.75 Å². The first-order valence-electron chi connectivity index (χ1n) is 42.0. The number of hydrogen-bond acceptors (Lipinski definition) is 27. The molecule has 1 aromatic carbocycles. The van der Waals surface area contributed by atoms with Crippen LogP contribution in [0.1, 0.15) is 218 Å². The van der Waals surface area contributed by atoms with Gasteiger partial charge in [0.15, 0.2) is 6.29 Å². The van der Waals surface area contributed by atoms with E-state index in [1.54, 1.807) is 115 Å². The summed E-state index contributed by atoms with van der Waals surface area (Å²) in [5, 5.41) is 45.4. The first-order valence-corrected chi connectivity index (χ1v) is 42.4. The van der Waals surface area contributed by atoms with Gasteiger partial charge in [-0.3, -0.25) is 40.3 Å². The van der Waals surface area contributed by atoms with Gasteiger partial charge in [-0.2, -0.15) is 15.8 Å². The standard InChI is InChI=1S/C25H34N6O4.C22H26ClN5O3.C22H27N7O3.C22H28N2O4/c1-31(25(32)29-21-14-20(27-12-13-33-2)18(15-26)16-28-21)22-11-10-19(17-8-6-5-7-9-17)23(30-22)24(34-3)35-4;1-28(22(29)26-18-11-17(23)15(12-24)13-25-18)19-10-9-16(14-7-5-4-6-8-14)20(27-19)21(30-2)31-3;1-29(21-4-3-17(19(14-30)27-21)15-5-7-24-8-6-15)22(31)28-20-11-18(25-9-10-32-2)16(12-23)13-26-20;1-24(22(25)28-17-12-8-5-9-13-17)19-15-14-18(16-10-6-4-7-11-16)20(23-19)21(26-2)27-3/h10-11,14,16-17,24H,5-9,12-13H2,1-4H3,(H2,27,28,29,32);9-11,13-14,21H,4-8H2,1-3H3,(H,25,26,29);3-4,11,13-15,24H,5-10H2,1-2H3,(H2,25,26,28,31);5,8-9,12-16,21H,4,6-7,10-11H2,1-3H3. The molecule has 0 spiro atoms. The number of urea groups is 3. The zero-order chi connectivity index (χ0) is 90.4. The molecule has 1 aliphatic heterocycles. The number of rotatable bonds is 30. The minimum atomic E-state index is -0.621. The third kappa shape index (κ3) is 27.3. The molecule has 7 amide bonds. The van der Waals surface area contributed by atoms with Gasteiger partial charge in [0.2, 0.25) is 18.9 Å². The van der Waals surface area contributed by atoms with Gasteiger partial charge < -0.3 is 58.6 Å². The SMILES string of the molecule is COC(OC)c1nc(N(C)C(=O)Nc2cc(Cl)c(C#N)cn2)ccc1C1CCCCC1.COC(OC)c1nc(N(C)C(=O)Oc2ccccc2)ccc1C1CCCCC1.COCCNc1cc(NC(=O)N(C)c2ccc(C3CCCCC3)c(C(OC)OC)n2)ncc1C#N.COCCNc1cc(NC(=O)N(C)c2ccc(C3CCNCC3)c(C=O)n2)ncc1C#N. The van der Waals surface area contributed by atoms with E-state index in [9.17, 15) is 34.5 Å². The lowest BCUT2D eigenvalue weighted by Gasteiger charge is -2.27. The van der Waals surface area contributed by atoms with Crippen molar-refractivity contribution in [1.82, 2.24) is 40.2 Å². The Labute approximate surface area is 741 Å².